The second kappa shape index (κ2) is 3.21. The first-order valence-corrected chi connectivity index (χ1v) is 4.98. The average Bonchev–Trinajstić information content (AvgIpc) is 2.52. The van der Waals surface area contributed by atoms with E-state index in [2.05, 4.69) is 20.4 Å². The molecule has 1 aliphatic rings. The summed E-state index contributed by atoms with van der Waals surface area (Å²) < 4.78 is 0. The van der Waals surface area contributed by atoms with Crippen molar-refractivity contribution in [3.05, 3.63) is 12.7 Å². The van der Waals surface area contributed by atoms with Crippen LogP contribution in [0.3, 0.4) is 0 Å². The van der Waals surface area contributed by atoms with Crippen LogP contribution in [0.4, 0.5) is 0 Å². The van der Waals surface area contributed by atoms with Gasteiger partial charge in [-0.05, 0) is 24.7 Å². The van der Waals surface area contributed by atoms with Crippen LogP contribution in [0.25, 0.3) is 0 Å². The topological polar surface area (TPSA) is 26.0 Å². The van der Waals surface area contributed by atoms with Crippen molar-refractivity contribution < 1.29 is 0 Å². The summed E-state index contributed by atoms with van der Waals surface area (Å²) in [4.78, 5) is 0. The maximum atomic E-state index is 6.25. The maximum Gasteiger partial charge on any atom is 0.0218 e. The van der Waals surface area contributed by atoms with E-state index in [0.29, 0.717) is 5.41 Å². The van der Waals surface area contributed by atoms with E-state index in [1.54, 1.807) is 0 Å². The highest BCUT2D eigenvalue weighted by Gasteiger charge is 2.59. The molecule has 1 nitrogen and oxygen atoms in total. The monoisotopic (exact) mass is 167 g/mol. The fraction of sp³-hybridized carbons (Fsp3) is 0.818. The molecule has 0 aromatic carbocycles. The molecule has 2 atom stereocenters. The van der Waals surface area contributed by atoms with Gasteiger partial charge in [0.2, 0.25) is 0 Å². The van der Waals surface area contributed by atoms with Crippen LogP contribution in [0.15, 0.2) is 12.7 Å². The molecule has 0 radical (unpaired) electrons. The third-order valence-corrected chi connectivity index (χ3v) is 3.35. The Morgan fingerprint density at radius 1 is 1.58 bits per heavy atom. The average molecular weight is 167 g/mol. The minimum atomic E-state index is 0.136. The predicted octanol–water partition coefficient (Wildman–Crippen LogP) is 2.86. The van der Waals surface area contributed by atoms with E-state index >= 15 is 0 Å². The lowest BCUT2D eigenvalue weighted by atomic mass is 9.95. The van der Waals surface area contributed by atoms with Crippen LogP contribution in [0, 0.1) is 5.41 Å². The van der Waals surface area contributed by atoms with Crippen molar-refractivity contribution in [2.45, 2.75) is 51.5 Å². The Bertz CT molecular complexity index is 176. The molecule has 1 saturated carbocycles. The molecular weight excluding hydrogens is 146 g/mol. The first-order valence-electron chi connectivity index (χ1n) is 4.98. The number of nitrogens with two attached hydrogens (primary N) is 1. The first kappa shape index (κ1) is 9.79. The second-order valence-electron chi connectivity index (χ2n) is 4.49. The van der Waals surface area contributed by atoms with Gasteiger partial charge in [-0.1, -0.05) is 32.8 Å². The van der Waals surface area contributed by atoms with Gasteiger partial charge in [-0.15, -0.1) is 6.58 Å². The SMILES string of the molecule is C=CCC1(C)CC1(N)CCCC. The van der Waals surface area contributed by atoms with Crippen molar-refractivity contribution in [2.75, 3.05) is 0 Å². The Balaban J connectivity index is 2.39. The van der Waals surface area contributed by atoms with Gasteiger partial charge in [0.05, 0.1) is 0 Å². The molecule has 2 N–H and O–H groups in total. The molecule has 0 aromatic rings. The quantitative estimate of drug-likeness (QED) is 0.626. The van der Waals surface area contributed by atoms with E-state index < -0.39 is 0 Å². The van der Waals surface area contributed by atoms with E-state index in [-0.39, 0.29) is 5.54 Å². The Labute approximate surface area is 76.0 Å². The van der Waals surface area contributed by atoms with Gasteiger partial charge < -0.3 is 5.73 Å². The van der Waals surface area contributed by atoms with Gasteiger partial charge in [0.25, 0.3) is 0 Å². The molecule has 0 spiro atoms. The predicted molar refractivity (Wildman–Crippen MR) is 54.0 cm³/mol. The van der Waals surface area contributed by atoms with Crippen LogP contribution in [-0.2, 0) is 0 Å². The van der Waals surface area contributed by atoms with Crippen molar-refractivity contribution in [1.29, 1.82) is 0 Å². The maximum absolute atomic E-state index is 6.25. The molecular formula is C11H21N. The number of hydrogen-bond acceptors (Lipinski definition) is 1. The Hall–Kier alpha value is -0.300. The minimum Gasteiger partial charge on any atom is -0.325 e. The second-order valence-corrected chi connectivity index (χ2v) is 4.49. The zero-order valence-electron chi connectivity index (χ0n) is 8.40. The van der Waals surface area contributed by atoms with E-state index in [0.717, 1.165) is 6.42 Å². The normalized spacial score (nSPS) is 39.6. The minimum absolute atomic E-state index is 0.136. The lowest BCUT2D eigenvalue weighted by Crippen LogP contribution is -2.29. The van der Waals surface area contributed by atoms with Gasteiger partial charge in [-0.3, -0.25) is 0 Å². The number of unbranched alkanes of at least 4 members (excludes halogenated alkanes) is 1. The molecule has 0 aliphatic heterocycles. The molecule has 0 bridgehead atoms. The van der Waals surface area contributed by atoms with Crippen LogP contribution in [0.2, 0.25) is 0 Å². The third kappa shape index (κ3) is 1.56. The van der Waals surface area contributed by atoms with Crippen LogP contribution in [0.1, 0.15) is 46.0 Å². The summed E-state index contributed by atoms with van der Waals surface area (Å²) in [5, 5.41) is 0. The molecule has 0 amide bonds. The van der Waals surface area contributed by atoms with Crippen LogP contribution >= 0.6 is 0 Å². The molecule has 2 unspecified atom stereocenters. The molecule has 1 aliphatic carbocycles. The standard InChI is InChI=1S/C11H21N/c1-4-6-8-11(12)9-10(11,3)7-5-2/h5H,2,4,6-9,12H2,1,3H3. The lowest BCUT2D eigenvalue weighted by molar-refractivity contribution is 0.423. The zero-order valence-corrected chi connectivity index (χ0v) is 8.40. The summed E-state index contributed by atoms with van der Waals surface area (Å²) in [6, 6.07) is 0. The molecule has 70 valence electrons. The van der Waals surface area contributed by atoms with Crippen molar-refractivity contribution in [1.82, 2.24) is 0 Å². The summed E-state index contributed by atoms with van der Waals surface area (Å²) in [5.74, 6) is 0. The van der Waals surface area contributed by atoms with E-state index in [4.69, 9.17) is 5.73 Å². The molecule has 1 heteroatoms. The summed E-state index contributed by atoms with van der Waals surface area (Å²) in [6.45, 7) is 8.28. The highest BCUT2D eigenvalue weighted by atomic mass is 14.9. The van der Waals surface area contributed by atoms with Gasteiger partial charge in [0.15, 0.2) is 0 Å². The molecule has 12 heavy (non-hydrogen) atoms. The highest BCUT2D eigenvalue weighted by molar-refractivity contribution is 5.18. The van der Waals surface area contributed by atoms with Crippen molar-refractivity contribution in [3.8, 4) is 0 Å². The van der Waals surface area contributed by atoms with Crippen molar-refractivity contribution >= 4 is 0 Å². The Morgan fingerprint density at radius 3 is 2.75 bits per heavy atom. The van der Waals surface area contributed by atoms with Gasteiger partial charge in [-0.2, -0.15) is 0 Å². The number of hydrogen-bond donors (Lipinski definition) is 1. The van der Waals surface area contributed by atoms with Gasteiger partial charge in [0, 0.05) is 5.54 Å². The largest absolute Gasteiger partial charge is 0.325 e. The van der Waals surface area contributed by atoms with Crippen molar-refractivity contribution in [3.63, 3.8) is 0 Å². The van der Waals surface area contributed by atoms with Gasteiger partial charge in [-0.25, -0.2) is 0 Å². The Morgan fingerprint density at radius 2 is 2.25 bits per heavy atom. The smallest absolute Gasteiger partial charge is 0.0218 e. The summed E-state index contributed by atoms with van der Waals surface area (Å²) >= 11 is 0. The number of rotatable bonds is 5. The lowest BCUT2D eigenvalue weighted by Gasteiger charge is -2.16. The van der Waals surface area contributed by atoms with Gasteiger partial charge in [0.1, 0.15) is 0 Å². The summed E-state index contributed by atoms with van der Waals surface area (Å²) in [5.41, 5.74) is 6.75. The van der Waals surface area contributed by atoms with Crippen LogP contribution in [-0.4, -0.2) is 5.54 Å². The molecule has 0 heterocycles. The fourth-order valence-corrected chi connectivity index (χ4v) is 2.13. The highest BCUT2D eigenvalue weighted by Crippen LogP contribution is 2.59. The molecule has 0 aromatic heterocycles. The van der Waals surface area contributed by atoms with E-state index in [1.165, 1.54) is 25.7 Å². The summed E-state index contributed by atoms with van der Waals surface area (Å²) in [7, 11) is 0. The molecule has 1 rings (SSSR count). The molecule has 1 fully saturated rings. The van der Waals surface area contributed by atoms with E-state index in [1.807, 2.05) is 6.08 Å². The summed E-state index contributed by atoms with van der Waals surface area (Å²) in [6.07, 6.45) is 7.97. The zero-order chi connectivity index (χ0) is 9.24. The first-order chi connectivity index (χ1) is 5.58. The number of allylic oxidation sites excluding steroid dienone is 1. The molecule has 0 saturated heterocycles. The Kier molecular flexibility index (Phi) is 2.62. The van der Waals surface area contributed by atoms with Crippen LogP contribution < -0.4 is 5.73 Å². The third-order valence-electron chi connectivity index (χ3n) is 3.35. The fourth-order valence-electron chi connectivity index (χ4n) is 2.13. The van der Waals surface area contributed by atoms with Crippen molar-refractivity contribution in [2.24, 2.45) is 11.1 Å². The van der Waals surface area contributed by atoms with E-state index in [9.17, 15) is 0 Å². The van der Waals surface area contributed by atoms with Crippen LogP contribution in [0.5, 0.6) is 0 Å². The van der Waals surface area contributed by atoms with Gasteiger partial charge >= 0.3 is 0 Å².